The molecule has 1 aromatic carbocycles. The summed E-state index contributed by atoms with van der Waals surface area (Å²) < 4.78 is 16.1. The Kier molecular flexibility index (Phi) is 7.84. The van der Waals surface area contributed by atoms with Crippen molar-refractivity contribution in [1.82, 2.24) is 5.32 Å². The summed E-state index contributed by atoms with van der Waals surface area (Å²) in [6.45, 7) is 3.64. The molecular formula is C15H25NO4. The van der Waals surface area contributed by atoms with E-state index in [-0.39, 0.29) is 12.6 Å². The van der Waals surface area contributed by atoms with E-state index in [2.05, 4.69) is 12.2 Å². The molecular weight excluding hydrogens is 258 g/mol. The van der Waals surface area contributed by atoms with Crippen LogP contribution in [0.2, 0.25) is 0 Å². The van der Waals surface area contributed by atoms with E-state index in [0.29, 0.717) is 23.9 Å². The largest absolute Gasteiger partial charge is 0.496 e. The molecule has 1 unspecified atom stereocenters. The number of ether oxygens (including phenoxy) is 3. The average Bonchev–Trinajstić information content (AvgIpc) is 2.50. The maximum absolute atomic E-state index is 9.26. The van der Waals surface area contributed by atoms with Crippen molar-refractivity contribution in [1.29, 1.82) is 0 Å². The van der Waals surface area contributed by atoms with Crippen molar-refractivity contribution in [2.75, 3.05) is 34.0 Å². The van der Waals surface area contributed by atoms with Gasteiger partial charge < -0.3 is 24.6 Å². The molecule has 114 valence electrons. The van der Waals surface area contributed by atoms with Gasteiger partial charge in [0, 0.05) is 24.2 Å². The molecule has 0 aliphatic carbocycles. The van der Waals surface area contributed by atoms with Crippen LogP contribution in [0.4, 0.5) is 0 Å². The Balaban J connectivity index is 2.47. The van der Waals surface area contributed by atoms with E-state index in [0.717, 1.165) is 19.4 Å². The number of hydrogen-bond acceptors (Lipinski definition) is 5. The third-order valence-electron chi connectivity index (χ3n) is 2.96. The Morgan fingerprint density at radius 3 is 2.20 bits per heavy atom. The van der Waals surface area contributed by atoms with Crippen molar-refractivity contribution >= 4 is 0 Å². The molecule has 1 aromatic rings. The molecule has 5 heteroatoms. The van der Waals surface area contributed by atoms with Gasteiger partial charge in [-0.25, -0.2) is 0 Å². The topological polar surface area (TPSA) is 60.0 Å². The van der Waals surface area contributed by atoms with Gasteiger partial charge in [0.1, 0.15) is 17.2 Å². The third kappa shape index (κ3) is 5.67. The highest BCUT2D eigenvalue weighted by Gasteiger charge is 2.07. The summed E-state index contributed by atoms with van der Waals surface area (Å²) in [5.41, 5.74) is 0. The predicted molar refractivity (Wildman–Crippen MR) is 78.8 cm³/mol. The van der Waals surface area contributed by atoms with Crippen molar-refractivity contribution in [3.63, 3.8) is 0 Å². The fraction of sp³-hybridized carbons (Fsp3) is 0.600. The molecule has 0 fully saturated rings. The maximum Gasteiger partial charge on any atom is 0.126 e. The van der Waals surface area contributed by atoms with Crippen LogP contribution >= 0.6 is 0 Å². The van der Waals surface area contributed by atoms with Gasteiger partial charge in [0.05, 0.1) is 27.4 Å². The van der Waals surface area contributed by atoms with Crippen molar-refractivity contribution in [3.8, 4) is 17.2 Å². The molecule has 0 radical (unpaired) electrons. The van der Waals surface area contributed by atoms with Crippen molar-refractivity contribution in [2.24, 2.45) is 0 Å². The Hall–Kier alpha value is -1.46. The summed E-state index contributed by atoms with van der Waals surface area (Å²) in [5.74, 6) is 2.10. The second-order valence-corrected chi connectivity index (χ2v) is 4.52. The molecule has 2 N–H and O–H groups in total. The normalized spacial score (nSPS) is 12.0. The van der Waals surface area contributed by atoms with Gasteiger partial charge in [-0.2, -0.15) is 0 Å². The highest BCUT2D eigenvalue weighted by Crippen LogP contribution is 2.27. The van der Waals surface area contributed by atoms with Gasteiger partial charge in [-0.3, -0.25) is 0 Å². The van der Waals surface area contributed by atoms with Crippen LogP contribution in [0.25, 0.3) is 0 Å². The fourth-order valence-corrected chi connectivity index (χ4v) is 1.79. The van der Waals surface area contributed by atoms with Gasteiger partial charge >= 0.3 is 0 Å². The first-order valence-electron chi connectivity index (χ1n) is 6.93. The lowest BCUT2D eigenvalue weighted by Gasteiger charge is -2.16. The van der Waals surface area contributed by atoms with Crippen LogP contribution in [-0.4, -0.2) is 45.1 Å². The number of nitrogens with one attached hydrogen (secondary N) is 1. The van der Waals surface area contributed by atoms with E-state index in [4.69, 9.17) is 14.2 Å². The van der Waals surface area contributed by atoms with E-state index < -0.39 is 0 Å². The molecule has 0 heterocycles. The molecule has 1 atom stereocenters. The smallest absolute Gasteiger partial charge is 0.126 e. The van der Waals surface area contributed by atoms with Gasteiger partial charge in [-0.15, -0.1) is 0 Å². The Morgan fingerprint density at radius 1 is 1.10 bits per heavy atom. The number of benzene rings is 1. The number of methoxy groups -OCH3 is 2. The van der Waals surface area contributed by atoms with Gasteiger partial charge in [-0.05, 0) is 19.4 Å². The second kappa shape index (κ2) is 9.44. The van der Waals surface area contributed by atoms with Crippen molar-refractivity contribution < 1.29 is 19.3 Å². The third-order valence-corrected chi connectivity index (χ3v) is 2.96. The minimum absolute atomic E-state index is 0.0717. The summed E-state index contributed by atoms with van der Waals surface area (Å²) in [5, 5.41) is 12.5. The SMILES string of the molecule is CCCNC(CO)CCOc1cc(OC)cc(OC)c1. The van der Waals surface area contributed by atoms with Crippen LogP contribution in [0.1, 0.15) is 19.8 Å². The number of aliphatic hydroxyl groups excluding tert-OH is 1. The first-order chi connectivity index (χ1) is 9.73. The minimum Gasteiger partial charge on any atom is -0.496 e. The molecule has 0 aliphatic rings. The molecule has 0 spiro atoms. The van der Waals surface area contributed by atoms with Crippen LogP contribution in [-0.2, 0) is 0 Å². The van der Waals surface area contributed by atoms with E-state index in [1.54, 1.807) is 20.3 Å². The van der Waals surface area contributed by atoms with Gasteiger partial charge in [-0.1, -0.05) is 6.92 Å². The van der Waals surface area contributed by atoms with E-state index in [9.17, 15) is 5.11 Å². The summed E-state index contributed by atoms with van der Waals surface area (Å²) in [7, 11) is 3.21. The molecule has 0 aromatic heterocycles. The quantitative estimate of drug-likeness (QED) is 0.686. The first-order valence-corrected chi connectivity index (χ1v) is 6.93. The minimum atomic E-state index is 0.0717. The first kappa shape index (κ1) is 16.6. The van der Waals surface area contributed by atoms with Gasteiger partial charge in [0.15, 0.2) is 0 Å². The van der Waals surface area contributed by atoms with Crippen LogP contribution < -0.4 is 19.5 Å². The van der Waals surface area contributed by atoms with E-state index in [1.807, 2.05) is 12.1 Å². The van der Waals surface area contributed by atoms with Gasteiger partial charge in [0.2, 0.25) is 0 Å². The zero-order valence-corrected chi connectivity index (χ0v) is 12.5. The van der Waals surface area contributed by atoms with Crippen LogP contribution in [0.3, 0.4) is 0 Å². The van der Waals surface area contributed by atoms with E-state index in [1.165, 1.54) is 0 Å². The molecule has 0 aliphatic heterocycles. The van der Waals surface area contributed by atoms with Crippen molar-refractivity contribution in [3.05, 3.63) is 18.2 Å². The lowest BCUT2D eigenvalue weighted by Crippen LogP contribution is -2.34. The predicted octanol–water partition coefficient (Wildman–Crippen LogP) is 1.83. The zero-order chi connectivity index (χ0) is 14.8. The second-order valence-electron chi connectivity index (χ2n) is 4.52. The lowest BCUT2D eigenvalue weighted by atomic mass is 10.2. The summed E-state index contributed by atoms with van der Waals surface area (Å²) >= 11 is 0. The Morgan fingerprint density at radius 2 is 1.70 bits per heavy atom. The average molecular weight is 283 g/mol. The zero-order valence-electron chi connectivity index (χ0n) is 12.5. The van der Waals surface area contributed by atoms with E-state index >= 15 is 0 Å². The Bertz CT molecular complexity index is 362. The molecule has 0 saturated carbocycles. The molecule has 1 rings (SSSR count). The standard InChI is InChI=1S/C15H25NO4/c1-4-6-16-12(11-17)5-7-20-15-9-13(18-2)8-14(10-15)19-3/h8-10,12,16-17H,4-7,11H2,1-3H3. The summed E-state index contributed by atoms with van der Waals surface area (Å²) in [6.07, 6.45) is 1.79. The molecule has 20 heavy (non-hydrogen) atoms. The van der Waals surface area contributed by atoms with Gasteiger partial charge in [0.25, 0.3) is 0 Å². The summed E-state index contributed by atoms with van der Waals surface area (Å²) in [4.78, 5) is 0. The molecule has 0 saturated heterocycles. The van der Waals surface area contributed by atoms with Crippen molar-refractivity contribution in [2.45, 2.75) is 25.8 Å². The number of rotatable bonds is 10. The van der Waals surface area contributed by atoms with Crippen LogP contribution in [0.15, 0.2) is 18.2 Å². The highest BCUT2D eigenvalue weighted by atomic mass is 16.5. The molecule has 5 nitrogen and oxygen atoms in total. The highest BCUT2D eigenvalue weighted by molar-refractivity contribution is 5.41. The number of hydrogen-bond donors (Lipinski definition) is 2. The number of aliphatic hydroxyl groups is 1. The van der Waals surface area contributed by atoms with Crippen LogP contribution in [0, 0.1) is 0 Å². The fourth-order valence-electron chi connectivity index (χ4n) is 1.79. The van der Waals surface area contributed by atoms with Crippen LogP contribution in [0.5, 0.6) is 17.2 Å². The summed E-state index contributed by atoms with van der Waals surface area (Å²) in [6, 6.07) is 5.50. The monoisotopic (exact) mass is 283 g/mol. The molecule has 0 amide bonds. The maximum atomic E-state index is 9.26. The Labute approximate surface area is 120 Å². The molecule has 0 bridgehead atoms. The lowest BCUT2D eigenvalue weighted by molar-refractivity contribution is 0.208.